The molecule has 0 aliphatic rings. The van der Waals surface area contributed by atoms with Gasteiger partial charge in [-0.1, -0.05) is 80.4 Å². The van der Waals surface area contributed by atoms with Crippen molar-refractivity contribution in [1.82, 2.24) is 16.0 Å². The van der Waals surface area contributed by atoms with Gasteiger partial charge in [0, 0.05) is 6.42 Å². The van der Waals surface area contributed by atoms with Gasteiger partial charge in [0.25, 0.3) is 0 Å². The Kier molecular flexibility index (Phi) is 14.5. The SMILES string of the molecule is CCCC[C@H](NC(=O)[C@H](CCC(=O)O)NC(=O)C[C@H](O)[C@H](Cc1ccccc1)NC(=O)OCc1ccccc1)C(N)=O. The van der Waals surface area contributed by atoms with Gasteiger partial charge in [-0.15, -0.1) is 0 Å². The molecule has 12 nitrogen and oxygen atoms in total. The quantitative estimate of drug-likeness (QED) is 0.152. The van der Waals surface area contributed by atoms with Gasteiger partial charge in [0.05, 0.1) is 18.6 Å². The van der Waals surface area contributed by atoms with Gasteiger partial charge in [-0.25, -0.2) is 4.79 Å². The normalized spacial score (nSPS) is 13.6. The van der Waals surface area contributed by atoms with Crippen LogP contribution in [0.25, 0.3) is 0 Å². The van der Waals surface area contributed by atoms with Gasteiger partial charge in [0.15, 0.2) is 0 Å². The van der Waals surface area contributed by atoms with E-state index in [0.29, 0.717) is 12.8 Å². The summed E-state index contributed by atoms with van der Waals surface area (Å²) in [5.74, 6) is -3.44. The van der Waals surface area contributed by atoms with Crippen LogP contribution in [0.15, 0.2) is 60.7 Å². The van der Waals surface area contributed by atoms with Crippen LogP contribution >= 0.6 is 0 Å². The Morgan fingerprint density at radius 3 is 2.05 bits per heavy atom. The molecule has 7 N–H and O–H groups in total. The minimum atomic E-state index is -1.39. The average Bonchev–Trinajstić information content (AvgIpc) is 2.96. The van der Waals surface area contributed by atoms with E-state index >= 15 is 0 Å². The number of aliphatic carboxylic acids is 1. The number of alkyl carbamates (subject to hydrolysis) is 1. The molecule has 0 radical (unpaired) electrons. The van der Waals surface area contributed by atoms with Crippen LogP contribution in [0.1, 0.15) is 56.6 Å². The number of carboxylic acids is 1. The maximum absolute atomic E-state index is 12.9. The first-order valence-corrected chi connectivity index (χ1v) is 13.9. The first-order chi connectivity index (χ1) is 20.1. The van der Waals surface area contributed by atoms with Crippen molar-refractivity contribution in [3.8, 4) is 0 Å². The van der Waals surface area contributed by atoms with Gasteiger partial charge >= 0.3 is 12.1 Å². The number of unbranched alkanes of at least 4 members (excludes halogenated alkanes) is 1. The van der Waals surface area contributed by atoms with Crippen LogP contribution in [0, 0.1) is 0 Å². The largest absolute Gasteiger partial charge is 0.481 e. The van der Waals surface area contributed by atoms with E-state index in [2.05, 4.69) is 16.0 Å². The predicted octanol–water partition coefficient (Wildman–Crippen LogP) is 1.79. The van der Waals surface area contributed by atoms with Crippen molar-refractivity contribution < 1.29 is 38.9 Å². The lowest BCUT2D eigenvalue weighted by Gasteiger charge is -2.25. The van der Waals surface area contributed by atoms with Crippen LogP contribution < -0.4 is 21.7 Å². The number of hydrogen-bond donors (Lipinski definition) is 6. The Bertz CT molecular complexity index is 1160. The number of rotatable bonds is 18. The average molecular weight is 585 g/mol. The maximum Gasteiger partial charge on any atom is 0.407 e. The standard InChI is InChI=1S/C30H40N4O8/c1-2-3-14-22(28(31)39)33-29(40)23(15-16-27(37)38)32-26(36)18-25(35)24(17-20-10-6-4-7-11-20)34-30(41)42-19-21-12-8-5-9-13-21/h4-13,22-25,35H,2-3,14-19H2,1H3,(H2,31,39)(H,32,36)(H,33,40)(H,34,41)(H,37,38)/t22-,23-,24-,25-/m0/s1. The van der Waals surface area contributed by atoms with Gasteiger partial charge in [0.2, 0.25) is 17.7 Å². The number of carbonyl (C=O) groups is 5. The number of primary amides is 1. The molecule has 0 aliphatic heterocycles. The number of carbonyl (C=O) groups excluding carboxylic acids is 4. The number of amides is 4. The van der Waals surface area contributed by atoms with Gasteiger partial charge in [-0.3, -0.25) is 19.2 Å². The number of nitrogens with two attached hydrogens (primary N) is 1. The highest BCUT2D eigenvalue weighted by Gasteiger charge is 2.29. The summed E-state index contributed by atoms with van der Waals surface area (Å²) in [7, 11) is 0. The van der Waals surface area contributed by atoms with Crippen molar-refractivity contribution in [3.63, 3.8) is 0 Å². The lowest BCUT2D eigenvalue weighted by atomic mass is 9.98. The van der Waals surface area contributed by atoms with Crippen molar-refractivity contribution in [1.29, 1.82) is 0 Å². The zero-order valence-electron chi connectivity index (χ0n) is 23.7. The van der Waals surface area contributed by atoms with Gasteiger partial charge in [-0.2, -0.15) is 0 Å². The molecule has 0 aromatic heterocycles. The second kappa shape index (κ2) is 18.1. The highest BCUT2D eigenvalue weighted by molar-refractivity contribution is 5.92. The number of nitrogens with one attached hydrogen (secondary N) is 3. The number of hydrogen-bond acceptors (Lipinski definition) is 7. The summed E-state index contributed by atoms with van der Waals surface area (Å²) >= 11 is 0. The topological polar surface area (TPSA) is 197 Å². The minimum absolute atomic E-state index is 0.00618. The third kappa shape index (κ3) is 12.8. The monoisotopic (exact) mass is 584 g/mol. The number of aliphatic hydroxyl groups excluding tert-OH is 1. The molecular formula is C30H40N4O8. The molecule has 0 spiro atoms. The third-order valence-electron chi connectivity index (χ3n) is 6.48. The number of carboxylic acid groups (broad SMARTS) is 1. The summed E-state index contributed by atoms with van der Waals surface area (Å²) in [5, 5.41) is 27.6. The summed E-state index contributed by atoms with van der Waals surface area (Å²) < 4.78 is 5.28. The van der Waals surface area contributed by atoms with E-state index < -0.39 is 66.9 Å². The maximum atomic E-state index is 12.9. The van der Waals surface area contributed by atoms with Crippen LogP contribution in [-0.4, -0.2) is 64.2 Å². The highest BCUT2D eigenvalue weighted by Crippen LogP contribution is 2.11. The molecule has 42 heavy (non-hydrogen) atoms. The van der Waals surface area contributed by atoms with Crippen LogP contribution in [0.4, 0.5) is 4.79 Å². The van der Waals surface area contributed by atoms with Crippen molar-refractivity contribution >= 4 is 29.8 Å². The summed E-state index contributed by atoms with van der Waals surface area (Å²) in [4.78, 5) is 61.3. The molecular weight excluding hydrogens is 544 g/mol. The van der Waals surface area contributed by atoms with Crippen molar-refractivity contribution in [2.24, 2.45) is 5.73 Å². The summed E-state index contributed by atoms with van der Waals surface area (Å²) in [6.07, 6.45) is -1.52. The van der Waals surface area contributed by atoms with E-state index in [9.17, 15) is 29.1 Å². The van der Waals surface area contributed by atoms with Crippen molar-refractivity contribution in [2.45, 2.75) is 82.7 Å². The van der Waals surface area contributed by atoms with Crippen molar-refractivity contribution in [3.05, 3.63) is 71.8 Å². The first kappa shape index (κ1) is 33.8. The van der Waals surface area contributed by atoms with E-state index in [4.69, 9.17) is 15.6 Å². The molecule has 0 bridgehead atoms. The molecule has 0 fully saturated rings. The summed E-state index contributed by atoms with van der Waals surface area (Å²) in [6, 6.07) is 14.8. The van der Waals surface area contributed by atoms with Gasteiger partial charge in [-0.05, 0) is 30.4 Å². The molecule has 2 rings (SSSR count). The lowest BCUT2D eigenvalue weighted by Crippen LogP contribution is -2.54. The first-order valence-electron chi connectivity index (χ1n) is 13.9. The molecule has 0 saturated carbocycles. The zero-order chi connectivity index (χ0) is 30.9. The Morgan fingerprint density at radius 2 is 1.48 bits per heavy atom. The molecule has 0 saturated heterocycles. The molecule has 2 aromatic rings. The van der Waals surface area contributed by atoms with Crippen LogP contribution in [0.3, 0.4) is 0 Å². The minimum Gasteiger partial charge on any atom is -0.481 e. The zero-order valence-corrected chi connectivity index (χ0v) is 23.7. The molecule has 2 aromatic carbocycles. The van der Waals surface area contributed by atoms with Gasteiger partial charge < -0.3 is 36.6 Å². The molecule has 0 heterocycles. The van der Waals surface area contributed by atoms with E-state index in [1.165, 1.54) is 0 Å². The molecule has 4 amide bonds. The number of aliphatic hydroxyl groups is 1. The fourth-order valence-electron chi connectivity index (χ4n) is 4.16. The molecule has 228 valence electrons. The molecule has 0 aliphatic carbocycles. The van der Waals surface area contributed by atoms with E-state index in [-0.39, 0.29) is 19.4 Å². The van der Waals surface area contributed by atoms with Crippen LogP contribution in [0.2, 0.25) is 0 Å². The van der Waals surface area contributed by atoms with Gasteiger partial charge in [0.1, 0.15) is 18.7 Å². The highest BCUT2D eigenvalue weighted by atomic mass is 16.5. The Labute approximate surface area is 245 Å². The third-order valence-corrected chi connectivity index (χ3v) is 6.48. The fraction of sp³-hybridized carbons (Fsp3) is 0.433. The number of benzene rings is 2. The second-order valence-electron chi connectivity index (χ2n) is 9.93. The second-order valence-corrected chi connectivity index (χ2v) is 9.93. The number of ether oxygens (including phenoxy) is 1. The van der Waals surface area contributed by atoms with Crippen LogP contribution in [-0.2, 0) is 36.9 Å². The lowest BCUT2D eigenvalue weighted by molar-refractivity contribution is -0.138. The van der Waals surface area contributed by atoms with E-state index in [1.54, 1.807) is 48.5 Å². The summed E-state index contributed by atoms with van der Waals surface area (Å²) in [5.41, 5.74) is 6.95. The fourth-order valence-corrected chi connectivity index (χ4v) is 4.16. The smallest absolute Gasteiger partial charge is 0.407 e. The predicted molar refractivity (Wildman–Crippen MR) is 154 cm³/mol. The van der Waals surface area contributed by atoms with Crippen LogP contribution in [0.5, 0.6) is 0 Å². The van der Waals surface area contributed by atoms with E-state index in [0.717, 1.165) is 17.5 Å². The molecule has 4 atom stereocenters. The van der Waals surface area contributed by atoms with E-state index in [1.807, 2.05) is 19.1 Å². The Hall–Kier alpha value is -4.45. The Balaban J connectivity index is 2.09. The summed E-state index contributed by atoms with van der Waals surface area (Å²) in [6.45, 7) is 1.91. The molecule has 12 heteroatoms. The van der Waals surface area contributed by atoms with Crippen molar-refractivity contribution in [2.75, 3.05) is 0 Å². The molecule has 0 unspecified atom stereocenters. The Morgan fingerprint density at radius 1 is 0.857 bits per heavy atom.